The minimum absolute atomic E-state index is 0.0292. The number of hydrogen-bond acceptors (Lipinski definition) is 2. The number of aryl methyl sites for hydroxylation is 2. The summed E-state index contributed by atoms with van der Waals surface area (Å²) in [5.41, 5.74) is 12.8. The summed E-state index contributed by atoms with van der Waals surface area (Å²) < 4.78 is 0. The van der Waals surface area contributed by atoms with Gasteiger partial charge < -0.3 is 16.6 Å². The van der Waals surface area contributed by atoms with E-state index in [2.05, 4.69) is 10.2 Å². The molecule has 15 heavy (non-hydrogen) atoms. The molecule has 1 aromatic rings. The number of nitrogens with two attached hydrogens (primary N) is 2. The highest BCUT2D eigenvalue weighted by molar-refractivity contribution is 5.78. The van der Waals surface area contributed by atoms with Gasteiger partial charge in [0.2, 0.25) is 6.21 Å². The molecule has 0 radical (unpaired) electrons. The summed E-state index contributed by atoms with van der Waals surface area (Å²) in [7, 11) is 0. The quantitative estimate of drug-likeness (QED) is 0.275. The van der Waals surface area contributed by atoms with Crippen LogP contribution in [-0.4, -0.2) is 17.3 Å². The van der Waals surface area contributed by atoms with E-state index in [0.29, 0.717) is 5.75 Å². The number of phenols is 1. The van der Waals surface area contributed by atoms with Crippen LogP contribution in [0.15, 0.2) is 17.2 Å². The van der Waals surface area contributed by atoms with Gasteiger partial charge in [0.15, 0.2) is 0 Å². The van der Waals surface area contributed by atoms with E-state index in [1.807, 2.05) is 26.0 Å². The van der Waals surface area contributed by atoms with E-state index in [-0.39, 0.29) is 5.96 Å². The van der Waals surface area contributed by atoms with Crippen LogP contribution in [0.5, 0.6) is 5.75 Å². The fourth-order valence-electron chi connectivity index (χ4n) is 1.25. The van der Waals surface area contributed by atoms with E-state index < -0.39 is 0 Å². The minimum atomic E-state index is -0.0292. The van der Waals surface area contributed by atoms with E-state index in [1.54, 1.807) is 6.21 Å². The molecular formula is C10H15N4O+. The van der Waals surface area contributed by atoms with Crippen molar-refractivity contribution in [3.63, 3.8) is 0 Å². The maximum Gasteiger partial charge on any atom is 0.256 e. The number of phenolic OH excluding ortho intramolecular Hbond substituents is 1. The van der Waals surface area contributed by atoms with Gasteiger partial charge in [-0.25, -0.2) is 0 Å². The molecule has 80 valence electrons. The zero-order valence-corrected chi connectivity index (χ0v) is 8.78. The van der Waals surface area contributed by atoms with E-state index >= 15 is 0 Å². The molecule has 0 spiro atoms. The first-order chi connectivity index (χ1) is 7.00. The van der Waals surface area contributed by atoms with E-state index in [0.717, 1.165) is 16.7 Å². The summed E-state index contributed by atoms with van der Waals surface area (Å²) in [4.78, 5) is 0. The molecular weight excluding hydrogens is 192 g/mol. The van der Waals surface area contributed by atoms with Crippen LogP contribution < -0.4 is 16.6 Å². The molecule has 0 bridgehead atoms. The summed E-state index contributed by atoms with van der Waals surface area (Å²) in [6, 6.07) is 3.66. The Morgan fingerprint density at radius 2 is 1.87 bits per heavy atom. The third kappa shape index (κ3) is 2.98. The largest absolute Gasteiger partial charge is 0.507 e. The van der Waals surface area contributed by atoms with Gasteiger partial charge >= 0.3 is 0 Å². The molecule has 0 saturated heterocycles. The third-order valence-corrected chi connectivity index (χ3v) is 1.94. The Bertz CT molecular complexity index is 396. The molecule has 6 N–H and O–H groups in total. The predicted molar refractivity (Wildman–Crippen MR) is 59.5 cm³/mol. The van der Waals surface area contributed by atoms with Crippen molar-refractivity contribution in [1.29, 1.82) is 0 Å². The van der Waals surface area contributed by atoms with Gasteiger partial charge in [-0.2, -0.15) is 0 Å². The normalized spacial score (nSPS) is 10.5. The lowest BCUT2D eigenvalue weighted by Crippen LogP contribution is -2.63. The Balaban J connectivity index is 2.98. The summed E-state index contributed by atoms with van der Waals surface area (Å²) in [6.07, 6.45) is 1.65. The first-order valence-corrected chi connectivity index (χ1v) is 4.48. The average molecular weight is 207 g/mol. The number of nitrogens with zero attached hydrogens (tertiary/aromatic N) is 1. The van der Waals surface area contributed by atoms with Crippen molar-refractivity contribution in [1.82, 2.24) is 0 Å². The van der Waals surface area contributed by atoms with Crippen LogP contribution >= 0.6 is 0 Å². The molecule has 0 aliphatic carbocycles. The first-order valence-electron chi connectivity index (χ1n) is 4.48. The van der Waals surface area contributed by atoms with E-state index in [1.165, 1.54) is 0 Å². The van der Waals surface area contributed by atoms with Crippen molar-refractivity contribution < 1.29 is 10.2 Å². The lowest BCUT2D eigenvalue weighted by atomic mass is 10.1. The van der Waals surface area contributed by atoms with Gasteiger partial charge in [0.25, 0.3) is 5.96 Å². The molecule has 0 aliphatic heterocycles. The molecule has 0 saturated carbocycles. The summed E-state index contributed by atoms with van der Waals surface area (Å²) in [6.45, 7) is 3.67. The van der Waals surface area contributed by atoms with Gasteiger partial charge in [0, 0.05) is 10.7 Å². The maximum atomic E-state index is 9.54. The number of hydrogen-bond donors (Lipinski definition) is 4. The van der Waals surface area contributed by atoms with Gasteiger partial charge in [-0.05, 0) is 37.1 Å². The molecule has 0 aliphatic rings. The average Bonchev–Trinajstić information content (AvgIpc) is 2.13. The number of nitrogens with one attached hydrogen (secondary N) is 1. The van der Waals surface area contributed by atoms with Gasteiger partial charge in [0.1, 0.15) is 5.75 Å². The summed E-state index contributed by atoms with van der Waals surface area (Å²) >= 11 is 0. The van der Waals surface area contributed by atoms with Gasteiger partial charge in [0.05, 0.1) is 0 Å². The molecule has 0 aromatic heterocycles. The summed E-state index contributed by atoms with van der Waals surface area (Å²) in [5, 5.41) is 15.8. The molecule has 0 heterocycles. The standard InChI is InChI=1S/C10H14N4O/c1-6-3-8(4-7(2)9(6)15)5-13-14-10(11)12/h3-5,15H,1-2H3,(H4,11,12,14)/p+1/b13-5+. The van der Waals surface area contributed by atoms with Gasteiger partial charge in [-0.15, -0.1) is 5.10 Å². The minimum Gasteiger partial charge on any atom is -0.507 e. The molecule has 5 heteroatoms. The lowest BCUT2D eigenvalue weighted by molar-refractivity contribution is -0.456. The molecule has 0 unspecified atom stereocenters. The second kappa shape index (κ2) is 4.45. The number of guanidine groups is 1. The monoisotopic (exact) mass is 207 g/mol. The van der Waals surface area contributed by atoms with Crippen LogP contribution in [0.2, 0.25) is 0 Å². The molecule has 5 nitrogen and oxygen atoms in total. The second-order valence-corrected chi connectivity index (χ2v) is 3.31. The molecule has 0 atom stereocenters. The molecule has 1 rings (SSSR count). The zero-order chi connectivity index (χ0) is 11.4. The third-order valence-electron chi connectivity index (χ3n) is 1.94. The highest BCUT2D eigenvalue weighted by Gasteiger charge is 2.02. The van der Waals surface area contributed by atoms with Crippen LogP contribution in [0.4, 0.5) is 0 Å². The Hall–Kier alpha value is -2.04. The number of hydrazone groups is 1. The lowest BCUT2D eigenvalue weighted by Gasteiger charge is -2.02. The van der Waals surface area contributed by atoms with Crippen LogP contribution in [0.3, 0.4) is 0 Å². The van der Waals surface area contributed by atoms with E-state index in [9.17, 15) is 5.11 Å². The number of benzene rings is 1. The van der Waals surface area contributed by atoms with Crippen LogP contribution in [0, 0.1) is 13.8 Å². The topological polar surface area (TPSA) is 98.6 Å². The molecule has 1 aromatic carbocycles. The van der Waals surface area contributed by atoms with Gasteiger partial charge in [-0.1, -0.05) is 0 Å². The Morgan fingerprint density at radius 3 is 2.33 bits per heavy atom. The van der Waals surface area contributed by atoms with Crippen LogP contribution in [0.25, 0.3) is 0 Å². The fourth-order valence-corrected chi connectivity index (χ4v) is 1.25. The van der Waals surface area contributed by atoms with E-state index in [4.69, 9.17) is 11.5 Å². The highest BCUT2D eigenvalue weighted by Crippen LogP contribution is 2.21. The maximum absolute atomic E-state index is 9.54. The van der Waals surface area contributed by atoms with Crippen molar-refractivity contribution in [3.05, 3.63) is 28.8 Å². The SMILES string of the molecule is Cc1cc(/C=[NH+]/N=C(N)N)cc(C)c1O. The molecule has 0 amide bonds. The Labute approximate surface area is 88.1 Å². The second-order valence-electron chi connectivity index (χ2n) is 3.31. The number of rotatable bonds is 2. The Kier molecular flexibility index (Phi) is 3.28. The van der Waals surface area contributed by atoms with Crippen molar-refractivity contribution in [2.45, 2.75) is 13.8 Å². The van der Waals surface area contributed by atoms with Crippen molar-refractivity contribution >= 4 is 12.2 Å². The molecule has 0 fully saturated rings. The van der Waals surface area contributed by atoms with Crippen LogP contribution in [-0.2, 0) is 0 Å². The first kappa shape index (κ1) is 11.0. The smallest absolute Gasteiger partial charge is 0.256 e. The van der Waals surface area contributed by atoms with Crippen molar-refractivity contribution in [3.8, 4) is 5.75 Å². The zero-order valence-electron chi connectivity index (χ0n) is 8.78. The number of aromatic hydroxyl groups is 1. The van der Waals surface area contributed by atoms with Crippen molar-refractivity contribution in [2.24, 2.45) is 16.6 Å². The fraction of sp³-hybridized carbons (Fsp3) is 0.200. The van der Waals surface area contributed by atoms with Crippen LogP contribution in [0.1, 0.15) is 16.7 Å². The summed E-state index contributed by atoms with van der Waals surface area (Å²) in [5.74, 6) is 0.285. The predicted octanol–water partition coefficient (Wildman–Crippen LogP) is -1.30. The van der Waals surface area contributed by atoms with Crippen molar-refractivity contribution in [2.75, 3.05) is 0 Å². The highest BCUT2D eigenvalue weighted by atomic mass is 16.3. The van der Waals surface area contributed by atoms with Gasteiger partial charge in [-0.3, -0.25) is 0 Å². The Morgan fingerprint density at radius 1 is 1.33 bits per heavy atom.